The number of aromatic nitrogens is 2. The molecule has 2 aliphatic rings. The monoisotopic (exact) mass is 586 g/mol. The van der Waals surface area contributed by atoms with Crippen molar-refractivity contribution >= 4 is 33.4 Å². The van der Waals surface area contributed by atoms with Gasteiger partial charge >= 0.3 is 0 Å². The average Bonchev–Trinajstić information content (AvgIpc) is 3.53. The summed E-state index contributed by atoms with van der Waals surface area (Å²) in [5, 5.41) is 77.9. The predicted octanol–water partition coefficient (Wildman–Crippen LogP) is 5.13. The van der Waals surface area contributed by atoms with Crippen LogP contribution in [-0.2, 0) is 0 Å². The van der Waals surface area contributed by atoms with E-state index in [1.54, 1.807) is 30.3 Å². The fourth-order valence-corrected chi connectivity index (χ4v) is 5.19. The Labute approximate surface area is 251 Å². The topological polar surface area (TPSA) is 216 Å². The van der Waals surface area contributed by atoms with Gasteiger partial charge in [0.1, 0.15) is 71.3 Å². The van der Waals surface area contributed by atoms with Crippen molar-refractivity contribution in [1.29, 1.82) is 42.1 Å². The molecular weight excluding hydrogens is 581 g/mol. The molecular formula is C32H5F3N10. The van der Waals surface area contributed by atoms with Crippen LogP contribution in [0.15, 0.2) is 41.6 Å². The number of fused-ring (bicyclic) bond motifs is 2. The molecule has 0 radical (unpaired) electrons. The summed E-state index contributed by atoms with van der Waals surface area (Å²) >= 11 is 0. The third kappa shape index (κ3) is 4.13. The van der Waals surface area contributed by atoms with Gasteiger partial charge in [0.05, 0.1) is 22.3 Å². The van der Waals surface area contributed by atoms with E-state index in [1.807, 2.05) is 12.1 Å². The zero-order valence-corrected chi connectivity index (χ0v) is 22.0. The Morgan fingerprint density at radius 3 is 1.49 bits per heavy atom. The molecule has 1 heterocycles. The lowest BCUT2D eigenvalue weighted by molar-refractivity contribution is 0.573. The predicted molar refractivity (Wildman–Crippen MR) is 145 cm³/mol. The van der Waals surface area contributed by atoms with Crippen molar-refractivity contribution in [3.63, 3.8) is 0 Å². The van der Waals surface area contributed by atoms with Gasteiger partial charge in [-0.1, -0.05) is 0 Å². The van der Waals surface area contributed by atoms with Gasteiger partial charge in [-0.2, -0.15) is 51.5 Å². The summed E-state index contributed by atoms with van der Waals surface area (Å²) in [5.41, 5.74) is -4.74. The number of benzene rings is 2. The van der Waals surface area contributed by atoms with Crippen LogP contribution in [0.2, 0.25) is 0 Å². The van der Waals surface area contributed by atoms with Crippen LogP contribution in [-0.4, -0.2) is 9.97 Å². The maximum Gasteiger partial charge on any atom is 0.234 e. The van der Waals surface area contributed by atoms with Gasteiger partial charge in [0.15, 0.2) is 0 Å². The second-order valence-electron chi connectivity index (χ2n) is 9.05. The Balaban J connectivity index is 1.96. The van der Waals surface area contributed by atoms with Crippen molar-refractivity contribution in [2.75, 3.05) is 0 Å². The van der Waals surface area contributed by atoms with Crippen LogP contribution in [0, 0.1) is 108 Å². The van der Waals surface area contributed by atoms with E-state index < -0.39 is 51.2 Å². The lowest BCUT2D eigenvalue weighted by Crippen LogP contribution is -2.01. The van der Waals surface area contributed by atoms with Crippen LogP contribution in [0.5, 0.6) is 0 Å². The number of halogens is 3. The van der Waals surface area contributed by atoms with Gasteiger partial charge < -0.3 is 0 Å². The highest BCUT2D eigenvalue weighted by molar-refractivity contribution is 6.29. The molecule has 0 saturated carbocycles. The lowest BCUT2D eigenvalue weighted by Gasteiger charge is -2.12. The number of allylic oxidation sites excluding steroid dienone is 8. The summed E-state index contributed by atoms with van der Waals surface area (Å²) in [6.07, 6.45) is 0.898. The minimum atomic E-state index is -1.24. The molecule has 0 saturated heterocycles. The van der Waals surface area contributed by atoms with E-state index in [2.05, 4.69) is 9.97 Å². The quantitative estimate of drug-likeness (QED) is 0.284. The Kier molecular flexibility index (Phi) is 6.94. The number of hydrogen-bond acceptors (Lipinski definition) is 10. The molecule has 0 fully saturated rings. The minimum Gasteiger partial charge on any atom is -0.227 e. The van der Waals surface area contributed by atoms with Crippen molar-refractivity contribution < 1.29 is 13.2 Å². The molecule has 10 nitrogen and oxygen atoms in total. The first-order valence-corrected chi connectivity index (χ1v) is 12.1. The van der Waals surface area contributed by atoms with E-state index in [1.165, 1.54) is 18.2 Å². The molecule has 13 heteroatoms. The molecule has 0 spiro atoms. The van der Waals surface area contributed by atoms with Gasteiger partial charge in [-0.25, -0.2) is 13.8 Å². The van der Waals surface area contributed by atoms with Gasteiger partial charge in [-0.3, -0.25) is 0 Å². The summed E-state index contributed by atoms with van der Waals surface area (Å²) < 4.78 is 45.3. The van der Waals surface area contributed by atoms with Gasteiger partial charge in [0.25, 0.3) is 0 Å². The molecule has 204 valence electrons. The van der Waals surface area contributed by atoms with Crippen LogP contribution in [0.3, 0.4) is 0 Å². The molecule has 0 bridgehead atoms. The molecule has 0 N–H and O–H groups in total. The third-order valence-corrected chi connectivity index (χ3v) is 6.96. The van der Waals surface area contributed by atoms with Crippen molar-refractivity contribution in [2.45, 2.75) is 0 Å². The molecule has 0 unspecified atom stereocenters. The Bertz CT molecular complexity index is 2410. The Morgan fingerprint density at radius 2 is 1.04 bits per heavy atom. The zero-order valence-electron chi connectivity index (χ0n) is 22.0. The fourth-order valence-electron chi connectivity index (χ4n) is 5.19. The first-order chi connectivity index (χ1) is 21.7. The zero-order chi connectivity index (χ0) is 32.6. The lowest BCUT2D eigenvalue weighted by atomic mass is 9.89. The smallest absolute Gasteiger partial charge is 0.227 e. The van der Waals surface area contributed by atoms with Crippen molar-refractivity contribution in [3.8, 4) is 48.6 Å². The number of hydrogen-bond donors (Lipinski definition) is 0. The van der Waals surface area contributed by atoms with Crippen molar-refractivity contribution in [3.05, 3.63) is 104 Å². The van der Waals surface area contributed by atoms with E-state index >= 15 is 8.78 Å². The number of nitrogens with zero attached hydrogens (tertiary/aromatic N) is 10. The molecule has 2 aromatic carbocycles. The number of nitriles is 8. The summed E-state index contributed by atoms with van der Waals surface area (Å²) in [4.78, 5) is 7.18. The van der Waals surface area contributed by atoms with Crippen LogP contribution < -0.4 is 0 Å². The van der Waals surface area contributed by atoms with Crippen molar-refractivity contribution in [1.82, 2.24) is 9.97 Å². The van der Waals surface area contributed by atoms with E-state index in [-0.39, 0.29) is 55.7 Å². The highest BCUT2D eigenvalue weighted by Gasteiger charge is 2.38. The molecule has 0 aliphatic heterocycles. The van der Waals surface area contributed by atoms with E-state index in [0.717, 1.165) is 6.20 Å². The van der Waals surface area contributed by atoms with E-state index in [4.69, 9.17) is 10.5 Å². The highest BCUT2D eigenvalue weighted by Crippen LogP contribution is 2.54. The first kappa shape index (κ1) is 28.7. The molecule has 1 aromatic heterocycles. The minimum absolute atomic E-state index is 0.0108. The normalized spacial score (nSPS) is 12.3. The SMILES string of the molecule is N#CC(C#N)=C1C(c2cc(F)c(C#N)cc2F)=C(C#N)c2cc3c(cc21)C(=C(C#N)C#N)C(c1cnc(C#N)nc1F)=C3C#N. The fraction of sp³-hybridized carbons (Fsp3) is 0. The highest BCUT2D eigenvalue weighted by atomic mass is 19.1. The largest absolute Gasteiger partial charge is 0.234 e. The summed E-state index contributed by atoms with van der Waals surface area (Å²) in [7, 11) is 0. The molecule has 0 amide bonds. The number of rotatable bonds is 2. The summed E-state index contributed by atoms with van der Waals surface area (Å²) in [5.74, 6) is -4.06. The summed E-state index contributed by atoms with van der Waals surface area (Å²) in [6.45, 7) is 0. The maximum atomic E-state index is 15.3. The second-order valence-corrected chi connectivity index (χ2v) is 9.05. The molecule has 0 atom stereocenters. The van der Waals surface area contributed by atoms with Crippen LogP contribution in [0.4, 0.5) is 13.2 Å². The Hall–Kier alpha value is -7.81. The van der Waals surface area contributed by atoms with Gasteiger partial charge in [-0.05, 0) is 35.4 Å². The first-order valence-electron chi connectivity index (χ1n) is 12.1. The van der Waals surface area contributed by atoms with Crippen LogP contribution >= 0.6 is 0 Å². The van der Waals surface area contributed by atoms with Crippen molar-refractivity contribution in [2.24, 2.45) is 0 Å². The van der Waals surface area contributed by atoms with Gasteiger partial charge in [0, 0.05) is 45.2 Å². The molecule has 45 heavy (non-hydrogen) atoms. The van der Waals surface area contributed by atoms with E-state index in [0.29, 0.717) is 12.1 Å². The average molecular weight is 586 g/mol. The van der Waals surface area contributed by atoms with Gasteiger partial charge in [0.2, 0.25) is 11.8 Å². The molecule has 3 aromatic rings. The second kappa shape index (κ2) is 10.9. The maximum absolute atomic E-state index is 15.3. The van der Waals surface area contributed by atoms with Crippen LogP contribution in [0.1, 0.15) is 44.8 Å². The third-order valence-electron chi connectivity index (χ3n) is 6.96. The Morgan fingerprint density at radius 1 is 0.533 bits per heavy atom. The summed E-state index contributed by atoms with van der Waals surface area (Å²) in [6, 6.07) is 17.3. The van der Waals surface area contributed by atoms with Crippen LogP contribution in [0.25, 0.3) is 33.4 Å². The standard InChI is InChI=1S/C32H5F3N10/c33-25-4-21(26(34)1-14(25)5-36)30-22(10-41)17-2-18-20(3-19(17)28(30)15(6-37)7-38)29(16(8-39)9-40)31(23(18)11-42)24-13-44-27(12-43)45-32(24)35/h1-4,13H. The van der Waals surface area contributed by atoms with E-state index in [9.17, 15) is 36.0 Å². The van der Waals surface area contributed by atoms with Gasteiger partial charge in [-0.15, -0.1) is 0 Å². The molecule has 2 aliphatic carbocycles. The molecule has 5 rings (SSSR count).